The maximum atomic E-state index is 6.20. The van der Waals surface area contributed by atoms with Crippen molar-refractivity contribution < 1.29 is 0 Å². The molecular formula is C17H14N6S. The van der Waals surface area contributed by atoms with Gasteiger partial charge in [0.2, 0.25) is 0 Å². The topological polar surface area (TPSA) is 88.8 Å². The number of nitrogens with zero attached hydrogens (tertiary/aromatic N) is 3. The van der Waals surface area contributed by atoms with E-state index < -0.39 is 0 Å². The first kappa shape index (κ1) is 14.4. The molecule has 0 amide bonds. The second-order valence-corrected chi connectivity index (χ2v) is 6.12. The first-order valence-corrected chi connectivity index (χ1v) is 8.16. The number of anilines is 5. The Morgan fingerprint density at radius 2 is 1.54 bits per heavy atom. The zero-order valence-corrected chi connectivity index (χ0v) is 13.4. The quantitative estimate of drug-likeness (QED) is 0.519. The lowest BCUT2D eigenvalue weighted by atomic mass is 10.3. The molecule has 6 nitrogen and oxygen atoms in total. The zero-order valence-electron chi connectivity index (χ0n) is 12.6. The lowest BCUT2D eigenvalue weighted by molar-refractivity contribution is 1.17. The number of fused-ring (bicyclic) bond motifs is 1. The summed E-state index contributed by atoms with van der Waals surface area (Å²) < 4.78 is 1.11. The summed E-state index contributed by atoms with van der Waals surface area (Å²) in [6.45, 7) is 0. The molecule has 0 saturated heterocycles. The number of rotatable bonds is 4. The van der Waals surface area contributed by atoms with Crippen molar-refractivity contribution in [1.29, 1.82) is 0 Å². The van der Waals surface area contributed by atoms with E-state index in [1.54, 1.807) is 11.3 Å². The molecule has 0 saturated carbocycles. The number of nitrogens with one attached hydrogen (secondary N) is 2. The first-order chi connectivity index (χ1) is 11.8. The third-order valence-electron chi connectivity index (χ3n) is 3.44. The Morgan fingerprint density at radius 3 is 2.33 bits per heavy atom. The second-order valence-electron chi connectivity index (χ2n) is 5.09. The van der Waals surface area contributed by atoms with Crippen molar-refractivity contribution in [3.05, 3.63) is 60.9 Å². The summed E-state index contributed by atoms with van der Waals surface area (Å²) in [4.78, 5) is 13.0. The van der Waals surface area contributed by atoms with Crippen LogP contribution in [-0.4, -0.2) is 15.0 Å². The highest BCUT2D eigenvalue weighted by Gasteiger charge is 2.11. The van der Waals surface area contributed by atoms with Gasteiger partial charge in [0.1, 0.15) is 12.0 Å². The zero-order chi connectivity index (χ0) is 16.4. The third kappa shape index (κ3) is 2.84. The van der Waals surface area contributed by atoms with E-state index in [1.165, 1.54) is 6.33 Å². The van der Waals surface area contributed by atoms with Crippen LogP contribution in [0.3, 0.4) is 0 Å². The molecule has 0 atom stereocenters. The molecule has 0 aliphatic heterocycles. The monoisotopic (exact) mass is 334 g/mol. The van der Waals surface area contributed by atoms with Gasteiger partial charge in [0.15, 0.2) is 16.8 Å². The van der Waals surface area contributed by atoms with E-state index in [0.717, 1.165) is 21.0 Å². The fraction of sp³-hybridized carbons (Fsp3) is 0. The number of benzene rings is 2. The predicted octanol–water partition coefficient (Wildman–Crippen LogP) is 4.16. The van der Waals surface area contributed by atoms with E-state index in [4.69, 9.17) is 5.73 Å². The molecule has 0 radical (unpaired) electrons. The van der Waals surface area contributed by atoms with Crippen LogP contribution in [0, 0.1) is 0 Å². The van der Waals surface area contributed by atoms with Crippen molar-refractivity contribution in [3.8, 4) is 0 Å². The predicted molar refractivity (Wildman–Crippen MR) is 99.1 cm³/mol. The number of thiazole rings is 1. The summed E-state index contributed by atoms with van der Waals surface area (Å²) in [5.41, 5.74) is 8.50. The van der Waals surface area contributed by atoms with E-state index >= 15 is 0 Å². The maximum Gasteiger partial charge on any atom is 0.189 e. The van der Waals surface area contributed by atoms with Crippen LogP contribution in [0.5, 0.6) is 0 Å². The van der Waals surface area contributed by atoms with Gasteiger partial charge in [-0.1, -0.05) is 41.7 Å². The van der Waals surface area contributed by atoms with Gasteiger partial charge in [-0.25, -0.2) is 15.0 Å². The summed E-state index contributed by atoms with van der Waals surface area (Å²) in [5.74, 6) is 1.09. The van der Waals surface area contributed by atoms with E-state index in [-0.39, 0.29) is 0 Å². The molecule has 2 aromatic carbocycles. The van der Waals surface area contributed by atoms with Crippen LogP contribution in [0.1, 0.15) is 0 Å². The highest BCUT2D eigenvalue weighted by Crippen LogP contribution is 2.31. The van der Waals surface area contributed by atoms with Gasteiger partial charge in [-0.2, -0.15) is 0 Å². The largest absolute Gasteiger partial charge is 0.393 e. The summed E-state index contributed by atoms with van der Waals surface area (Å²) in [6.07, 6.45) is 1.47. The van der Waals surface area contributed by atoms with Gasteiger partial charge >= 0.3 is 0 Å². The normalized spacial score (nSPS) is 10.7. The van der Waals surface area contributed by atoms with Crippen LogP contribution < -0.4 is 16.4 Å². The van der Waals surface area contributed by atoms with Crippen molar-refractivity contribution in [2.24, 2.45) is 0 Å². The molecule has 4 aromatic rings. The molecule has 2 heterocycles. The van der Waals surface area contributed by atoms with Gasteiger partial charge in [-0.15, -0.1) is 0 Å². The number of para-hydroxylation sites is 2. The van der Waals surface area contributed by atoms with Crippen molar-refractivity contribution in [1.82, 2.24) is 15.0 Å². The SMILES string of the molecule is Nc1c(Nc2ccccc2)ncnc1Nc1nc2ccccc2s1. The molecule has 0 fully saturated rings. The van der Waals surface area contributed by atoms with E-state index in [9.17, 15) is 0 Å². The van der Waals surface area contributed by atoms with Crippen LogP contribution in [0.15, 0.2) is 60.9 Å². The minimum atomic E-state index is 0.445. The number of hydrogen-bond donors (Lipinski definition) is 3. The Balaban J connectivity index is 1.62. The summed E-state index contributed by atoms with van der Waals surface area (Å²) in [5, 5.41) is 7.11. The Labute approximate surface area is 142 Å². The lowest BCUT2D eigenvalue weighted by Gasteiger charge is -2.11. The van der Waals surface area contributed by atoms with Crippen LogP contribution in [0.4, 0.5) is 28.1 Å². The van der Waals surface area contributed by atoms with Crippen molar-refractivity contribution in [2.75, 3.05) is 16.4 Å². The van der Waals surface area contributed by atoms with Crippen molar-refractivity contribution >= 4 is 49.7 Å². The Morgan fingerprint density at radius 1 is 0.833 bits per heavy atom. The molecule has 2 aromatic heterocycles. The number of nitrogens with two attached hydrogens (primary N) is 1. The van der Waals surface area contributed by atoms with Crippen molar-refractivity contribution in [3.63, 3.8) is 0 Å². The van der Waals surface area contributed by atoms with E-state index in [0.29, 0.717) is 17.3 Å². The highest BCUT2D eigenvalue weighted by atomic mass is 32.1. The molecule has 0 unspecified atom stereocenters. The number of aromatic nitrogens is 3. The van der Waals surface area contributed by atoms with E-state index in [2.05, 4.69) is 25.6 Å². The minimum absolute atomic E-state index is 0.445. The second kappa shape index (κ2) is 6.13. The smallest absolute Gasteiger partial charge is 0.189 e. The van der Waals surface area contributed by atoms with Gasteiger partial charge in [0.25, 0.3) is 0 Å². The fourth-order valence-electron chi connectivity index (χ4n) is 2.28. The van der Waals surface area contributed by atoms with E-state index in [1.807, 2.05) is 54.6 Å². The van der Waals surface area contributed by atoms with Gasteiger partial charge < -0.3 is 16.4 Å². The minimum Gasteiger partial charge on any atom is -0.393 e. The average Bonchev–Trinajstić information content (AvgIpc) is 3.02. The summed E-state index contributed by atoms with van der Waals surface area (Å²) >= 11 is 1.55. The van der Waals surface area contributed by atoms with Gasteiger partial charge in [0, 0.05) is 5.69 Å². The molecule has 0 aliphatic rings. The van der Waals surface area contributed by atoms with Crippen molar-refractivity contribution in [2.45, 2.75) is 0 Å². The molecular weight excluding hydrogens is 320 g/mol. The van der Waals surface area contributed by atoms with Crippen LogP contribution >= 0.6 is 11.3 Å². The molecule has 4 N–H and O–H groups in total. The fourth-order valence-corrected chi connectivity index (χ4v) is 3.14. The standard InChI is InChI=1S/C17H14N6S/c18-14-15(21-11-6-2-1-3-7-11)19-10-20-16(14)23-17-22-12-8-4-5-9-13(12)24-17/h1-10H,18H2,(H2,19,20,21,22,23). The lowest BCUT2D eigenvalue weighted by Crippen LogP contribution is -2.05. The molecule has 0 spiro atoms. The number of hydrogen-bond acceptors (Lipinski definition) is 7. The van der Waals surface area contributed by atoms with Crippen LogP contribution in [-0.2, 0) is 0 Å². The third-order valence-corrected chi connectivity index (χ3v) is 4.39. The molecule has 118 valence electrons. The first-order valence-electron chi connectivity index (χ1n) is 7.35. The summed E-state index contributed by atoms with van der Waals surface area (Å²) in [7, 11) is 0. The molecule has 4 rings (SSSR count). The van der Waals surface area contributed by atoms with Gasteiger partial charge in [-0.05, 0) is 24.3 Å². The van der Waals surface area contributed by atoms with Crippen LogP contribution in [0.2, 0.25) is 0 Å². The average molecular weight is 334 g/mol. The van der Waals surface area contributed by atoms with Crippen LogP contribution in [0.25, 0.3) is 10.2 Å². The molecule has 7 heteroatoms. The molecule has 0 aliphatic carbocycles. The van der Waals surface area contributed by atoms with Gasteiger partial charge in [-0.3, -0.25) is 0 Å². The number of nitrogen functional groups attached to an aromatic ring is 1. The Bertz CT molecular complexity index is 950. The highest BCUT2D eigenvalue weighted by molar-refractivity contribution is 7.22. The maximum absolute atomic E-state index is 6.20. The van der Waals surface area contributed by atoms with Gasteiger partial charge in [0.05, 0.1) is 10.2 Å². The Kier molecular flexibility index (Phi) is 3.68. The molecule has 0 bridgehead atoms. The molecule has 24 heavy (non-hydrogen) atoms. The Hall–Kier alpha value is -3.19. The summed E-state index contributed by atoms with van der Waals surface area (Å²) in [6, 6.07) is 17.7.